The van der Waals surface area contributed by atoms with Gasteiger partial charge < -0.3 is 4.90 Å². The summed E-state index contributed by atoms with van der Waals surface area (Å²) in [5.41, 5.74) is 3.61. The summed E-state index contributed by atoms with van der Waals surface area (Å²) in [4.78, 5) is 14.4. The summed E-state index contributed by atoms with van der Waals surface area (Å²) in [5.74, 6) is 0.754. The van der Waals surface area contributed by atoms with Crippen LogP contribution in [0.3, 0.4) is 0 Å². The van der Waals surface area contributed by atoms with Crippen LogP contribution in [0.15, 0.2) is 54.6 Å². The minimum Gasteiger partial charge on any atom is -0.339 e. The summed E-state index contributed by atoms with van der Waals surface area (Å²) < 4.78 is 0. The smallest absolute Gasteiger partial charge is 0.253 e. The van der Waals surface area contributed by atoms with Crippen molar-refractivity contribution in [2.45, 2.75) is 53.4 Å². The van der Waals surface area contributed by atoms with E-state index in [2.05, 4.69) is 31.2 Å². The average Bonchev–Trinajstić information content (AvgIpc) is 2.72. The van der Waals surface area contributed by atoms with Crippen LogP contribution >= 0.6 is 0 Å². The summed E-state index contributed by atoms with van der Waals surface area (Å²) in [6, 6.07) is 18.2. The molecule has 2 heteroatoms. The van der Waals surface area contributed by atoms with Crippen molar-refractivity contribution in [1.29, 1.82) is 0 Å². The Hall–Kier alpha value is -2.09. The van der Waals surface area contributed by atoms with Crippen LogP contribution < -0.4 is 0 Å². The van der Waals surface area contributed by atoms with Crippen LogP contribution in [-0.2, 0) is 0 Å². The van der Waals surface area contributed by atoms with Crippen LogP contribution in [0.4, 0.5) is 0 Å². The van der Waals surface area contributed by atoms with E-state index in [0.717, 1.165) is 31.5 Å². The molecule has 1 saturated heterocycles. The number of piperidine rings is 1. The molecule has 2 aromatic carbocycles. The summed E-state index contributed by atoms with van der Waals surface area (Å²) >= 11 is 0. The first-order valence-corrected chi connectivity index (χ1v) is 9.65. The SMILES string of the molecule is CC.CC.Cc1ccccc1C1CCN(C(=O)c2ccccc2)CC1. The molecule has 0 saturated carbocycles. The summed E-state index contributed by atoms with van der Waals surface area (Å²) in [6.45, 7) is 11.9. The number of amides is 1. The Morgan fingerprint density at radius 3 is 1.92 bits per heavy atom. The molecule has 1 heterocycles. The lowest BCUT2D eigenvalue weighted by Gasteiger charge is -2.33. The Bertz CT molecular complexity index is 613. The third kappa shape index (κ3) is 5.74. The van der Waals surface area contributed by atoms with Crippen molar-refractivity contribution in [1.82, 2.24) is 4.90 Å². The van der Waals surface area contributed by atoms with Crippen LogP contribution in [0.25, 0.3) is 0 Å². The lowest BCUT2D eigenvalue weighted by Crippen LogP contribution is -2.38. The monoisotopic (exact) mass is 339 g/mol. The van der Waals surface area contributed by atoms with E-state index in [1.165, 1.54) is 11.1 Å². The fourth-order valence-electron chi connectivity index (χ4n) is 3.20. The van der Waals surface area contributed by atoms with E-state index < -0.39 is 0 Å². The lowest BCUT2D eigenvalue weighted by atomic mass is 9.87. The van der Waals surface area contributed by atoms with Crippen molar-refractivity contribution in [3.05, 3.63) is 71.3 Å². The molecule has 0 bridgehead atoms. The normalized spacial score (nSPS) is 13.9. The van der Waals surface area contributed by atoms with Gasteiger partial charge in [0.15, 0.2) is 0 Å². The number of hydrogen-bond acceptors (Lipinski definition) is 1. The van der Waals surface area contributed by atoms with Gasteiger partial charge in [-0.15, -0.1) is 0 Å². The third-order valence-corrected chi connectivity index (χ3v) is 4.43. The lowest BCUT2D eigenvalue weighted by molar-refractivity contribution is 0.0713. The van der Waals surface area contributed by atoms with E-state index in [4.69, 9.17) is 0 Å². The molecule has 136 valence electrons. The van der Waals surface area contributed by atoms with Gasteiger partial charge in [0, 0.05) is 18.7 Å². The molecule has 0 radical (unpaired) electrons. The highest BCUT2D eigenvalue weighted by molar-refractivity contribution is 5.94. The topological polar surface area (TPSA) is 20.3 Å². The molecule has 0 unspecified atom stereocenters. The van der Waals surface area contributed by atoms with E-state index in [1.54, 1.807) is 0 Å². The standard InChI is InChI=1S/C19H21NO.2C2H6/c1-15-7-5-6-10-18(15)16-11-13-20(14-12-16)19(21)17-8-3-2-4-9-17;2*1-2/h2-10,16H,11-14H2,1H3;2*1-2H3. The minimum absolute atomic E-state index is 0.166. The maximum absolute atomic E-state index is 12.4. The van der Waals surface area contributed by atoms with Crippen LogP contribution in [-0.4, -0.2) is 23.9 Å². The van der Waals surface area contributed by atoms with E-state index in [-0.39, 0.29) is 5.91 Å². The molecular weight excluding hydrogens is 306 g/mol. The highest BCUT2D eigenvalue weighted by atomic mass is 16.2. The number of aryl methyl sites for hydroxylation is 1. The van der Waals surface area contributed by atoms with Gasteiger partial charge in [0.2, 0.25) is 0 Å². The average molecular weight is 340 g/mol. The second-order valence-corrected chi connectivity index (χ2v) is 5.79. The molecule has 1 amide bonds. The predicted octanol–water partition coefficient (Wildman–Crippen LogP) is 6.07. The Morgan fingerprint density at radius 1 is 0.840 bits per heavy atom. The molecule has 2 nitrogen and oxygen atoms in total. The van der Waals surface area contributed by atoms with Crippen LogP contribution in [0.2, 0.25) is 0 Å². The highest BCUT2D eigenvalue weighted by Crippen LogP contribution is 2.30. The highest BCUT2D eigenvalue weighted by Gasteiger charge is 2.24. The predicted molar refractivity (Wildman–Crippen MR) is 108 cm³/mol. The summed E-state index contributed by atoms with van der Waals surface area (Å²) in [7, 11) is 0. The molecule has 0 atom stereocenters. The second kappa shape index (κ2) is 11.5. The molecule has 1 fully saturated rings. The quantitative estimate of drug-likeness (QED) is 0.650. The number of carbonyl (C=O) groups excluding carboxylic acids is 1. The zero-order valence-corrected chi connectivity index (χ0v) is 16.5. The Labute approximate surface area is 153 Å². The number of benzene rings is 2. The van der Waals surface area contributed by atoms with Crippen molar-refractivity contribution in [3.8, 4) is 0 Å². The third-order valence-electron chi connectivity index (χ3n) is 4.43. The van der Waals surface area contributed by atoms with E-state index >= 15 is 0 Å². The molecule has 0 spiro atoms. The number of likely N-dealkylation sites (tertiary alicyclic amines) is 1. The van der Waals surface area contributed by atoms with Gasteiger partial charge in [-0.2, -0.15) is 0 Å². The van der Waals surface area contributed by atoms with Gasteiger partial charge in [0.1, 0.15) is 0 Å². The fourth-order valence-corrected chi connectivity index (χ4v) is 3.20. The first-order chi connectivity index (χ1) is 12.3. The second-order valence-electron chi connectivity index (χ2n) is 5.79. The van der Waals surface area contributed by atoms with Crippen molar-refractivity contribution in [2.75, 3.05) is 13.1 Å². The molecule has 1 aliphatic rings. The zero-order chi connectivity index (χ0) is 18.7. The number of hydrogen-bond donors (Lipinski definition) is 0. The van der Waals surface area contributed by atoms with Crippen LogP contribution in [0.1, 0.15) is 67.9 Å². The maximum atomic E-state index is 12.4. The van der Waals surface area contributed by atoms with E-state index in [9.17, 15) is 4.79 Å². The van der Waals surface area contributed by atoms with Crippen molar-refractivity contribution in [3.63, 3.8) is 0 Å². The Morgan fingerprint density at radius 2 is 1.36 bits per heavy atom. The number of carbonyl (C=O) groups is 1. The van der Waals surface area contributed by atoms with Crippen LogP contribution in [0, 0.1) is 6.92 Å². The number of nitrogens with zero attached hydrogens (tertiary/aromatic N) is 1. The molecule has 0 aromatic heterocycles. The van der Waals surface area contributed by atoms with Crippen molar-refractivity contribution < 1.29 is 4.79 Å². The van der Waals surface area contributed by atoms with Crippen molar-refractivity contribution in [2.24, 2.45) is 0 Å². The first-order valence-electron chi connectivity index (χ1n) is 9.65. The van der Waals surface area contributed by atoms with Crippen LogP contribution in [0.5, 0.6) is 0 Å². The molecule has 2 aromatic rings. The molecule has 1 aliphatic heterocycles. The minimum atomic E-state index is 0.166. The summed E-state index contributed by atoms with van der Waals surface area (Å²) in [6.07, 6.45) is 2.12. The number of rotatable bonds is 2. The molecule has 3 rings (SSSR count). The molecular formula is C23H33NO. The summed E-state index contributed by atoms with van der Waals surface area (Å²) in [5, 5.41) is 0. The van der Waals surface area contributed by atoms with Gasteiger partial charge in [-0.1, -0.05) is 70.2 Å². The molecule has 0 N–H and O–H groups in total. The van der Waals surface area contributed by atoms with Gasteiger partial charge in [0.05, 0.1) is 0 Å². The van der Waals surface area contributed by atoms with Gasteiger partial charge in [-0.25, -0.2) is 0 Å². The molecule has 25 heavy (non-hydrogen) atoms. The van der Waals surface area contributed by atoms with E-state index in [1.807, 2.05) is 62.9 Å². The van der Waals surface area contributed by atoms with Gasteiger partial charge in [0.25, 0.3) is 5.91 Å². The fraction of sp³-hybridized carbons (Fsp3) is 0.435. The van der Waals surface area contributed by atoms with Gasteiger partial charge in [-0.05, 0) is 48.9 Å². The Balaban J connectivity index is 0.000000730. The zero-order valence-electron chi connectivity index (χ0n) is 16.5. The Kier molecular flexibility index (Phi) is 9.61. The van der Waals surface area contributed by atoms with Gasteiger partial charge >= 0.3 is 0 Å². The first kappa shape index (κ1) is 21.0. The van der Waals surface area contributed by atoms with Gasteiger partial charge in [-0.3, -0.25) is 4.79 Å². The largest absolute Gasteiger partial charge is 0.339 e. The maximum Gasteiger partial charge on any atom is 0.253 e. The molecule has 0 aliphatic carbocycles. The van der Waals surface area contributed by atoms with Crippen molar-refractivity contribution >= 4 is 5.91 Å². The van der Waals surface area contributed by atoms with E-state index in [0.29, 0.717) is 5.92 Å².